The summed E-state index contributed by atoms with van der Waals surface area (Å²) in [5, 5.41) is 7.62. The van der Waals surface area contributed by atoms with Gasteiger partial charge in [-0.2, -0.15) is 0 Å². The highest BCUT2D eigenvalue weighted by Crippen LogP contribution is 2.29. The number of halogens is 2. The molecular weight excluding hydrogens is 295 g/mol. The molecule has 0 radical (unpaired) electrons. The van der Waals surface area contributed by atoms with Crippen molar-refractivity contribution in [1.29, 1.82) is 0 Å². The quantitative estimate of drug-likeness (QED) is 0.871. The number of likely N-dealkylation sites (tertiary alicyclic amines) is 1. The summed E-state index contributed by atoms with van der Waals surface area (Å²) in [5.41, 5.74) is 0. The van der Waals surface area contributed by atoms with Gasteiger partial charge in [-0.05, 0) is 45.3 Å². The molecule has 1 unspecified atom stereocenters. The summed E-state index contributed by atoms with van der Waals surface area (Å²) < 4.78 is 0. The van der Waals surface area contributed by atoms with E-state index in [-0.39, 0.29) is 0 Å². The summed E-state index contributed by atoms with van der Waals surface area (Å²) in [4.78, 5) is 6.84. The fourth-order valence-corrected chi connectivity index (χ4v) is 3.06. The second kappa shape index (κ2) is 7.34. The van der Waals surface area contributed by atoms with E-state index in [1.54, 1.807) is 6.07 Å². The van der Waals surface area contributed by atoms with Gasteiger partial charge in [-0.15, -0.1) is 0 Å². The van der Waals surface area contributed by atoms with Crippen LogP contribution in [0.2, 0.25) is 10.0 Å². The Morgan fingerprint density at radius 1 is 1.30 bits per heavy atom. The lowest BCUT2D eigenvalue weighted by atomic mass is 9.98. The van der Waals surface area contributed by atoms with Crippen molar-refractivity contribution >= 4 is 34.8 Å². The zero-order valence-electron chi connectivity index (χ0n) is 12.0. The Balaban J connectivity index is 1.99. The molecule has 1 aromatic rings. The van der Waals surface area contributed by atoms with E-state index >= 15 is 0 Å². The van der Waals surface area contributed by atoms with Crippen LogP contribution in [-0.4, -0.2) is 43.1 Å². The van der Waals surface area contributed by atoms with Crippen molar-refractivity contribution in [3.05, 3.63) is 16.1 Å². The maximum absolute atomic E-state index is 6.20. The molecule has 1 aromatic heterocycles. The van der Waals surface area contributed by atoms with Crippen LogP contribution in [0.1, 0.15) is 19.8 Å². The first kappa shape index (κ1) is 15.7. The lowest BCUT2D eigenvalue weighted by Crippen LogP contribution is -2.35. The van der Waals surface area contributed by atoms with Gasteiger partial charge in [-0.3, -0.25) is 0 Å². The summed E-state index contributed by atoms with van der Waals surface area (Å²) >= 11 is 12.3. The Morgan fingerprint density at radius 3 is 2.65 bits per heavy atom. The SMILES string of the molecule is CCNc1nc(NCC2CCCN(C)C2)c(Cl)cc1Cl. The van der Waals surface area contributed by atoms with E-state index in [1.165, 1.54) is 19.4 Å². The summed E-state index contributed by atoms with van der Waals surface area (Å²) in [5.74, 6) is 2.03. The van der Waals surface area contributed by atoms with Gasteiger partial charge in [0, 0.05) is 19.6 Å². The third kappa shape index (κ3) is 4.14. The highest BCUT2D eigenvalue weighted by molar-refractivity contribution is 6.37. The van der Waals surface area contributed by atoms with Crippen molar-refractivity contribution in [2.75, 3.05) is 43.9 Å². The number of hydrogen-bond acceptors (Lipinski definition) is 4. The van der Waals surface area contributed by atoms with Crippen LogP contribution in [0.4, 0.5) is 11.6 Å². The first-order chi connectivity index (χ1) is 9.60. The van der Waals surface area contributed by atoms with Crippen molar-refractivity contribution in [2.24, 2.45) is 5.92 Å². The summed E-state index contributed by atoms with van der Waals surface area (Å²) in [6.45, 7) is 6.00. The third-order valence-electron chi connectivity index (χ3n) is 3.55. The molecule has 4 nitrogen and oxygen atoms in total. The lowest BCUT2D eigenvalue weighted by Gasteiger charge is -2.29. The van der Waals surface area contributed by atoms with Gasteiger partial charge in [0.25, 0.3) is 0 Å². The Morgan fingerprint density at radius 2 is 2.00 bits per heavy atom. The van der Waals surface area contributed by atoms with E-state index in [9.17, 15) is 0 Å². The van der Waals surface area contributed by atoms with Gasteiger partial charge in [0.1, 0.15) is 11.6 Å². The molecule has 1 aliphatic heterocycles. The Hall–Kier alpha value is -0.710. The van der Waals surface area contributed by atoms with Crippen LogP contribution in [-0.2, 0) is 0 Å². The number of rotatable bonds is 5. The van der Waals surface area contributed by atoms with Gasteiger partial charge in [0.05, 0.1) is 10.0 Å². The van der Waals surface area contributed by atoms with Crippen molar-refractivity contribution in [3.8, 4) is 0 Å². The number of piperidine rings is 1. The van der Waals surface area contributed by atoms with Crippen LogP contribution >= 0.6 is 23.2 Å². The first-order valence-corrected chi connectivity index (χ1v) is 7.88. The molecule has 2 rings (SSSR count). The maximum atomic E-state index is 6.20. The molecule has 1 fully saturated rings. The molecule has 0 amide bonds. The molecule has 0 aromatic carbocycles. The lowest BCUT2D eigenvalue weighted by molar-refractivity contribution is 0.217. The van der Waals surface area contributed by atoms with Gasteiger partial charge in [-0.1, -0.05) is 23.2 Å². The minimum atomic E-state index is 0.555. The van der Waals surface area contributed by atoms with Crippen molar-refractivity contribution in [3.63, 3.8) is 0 Å². The highest BCUT2D eigenvalue weighted by atomic mass is 35.5. The summed E-state index contributed by atoms with van der Waals surface area (Å²) in [7, 11) is 2.17. The second-order valence-corrected chi connectivity index (χ2v) is 6.15. The van der Waals surface area contributed by atoms with E-state index in [0.717, 1.165) is 19.6 Å². The number of anilines is 2. The van der Waals surface area contributed by atoms with E-state index in [2.05, 4.69) is 27.6 Å². The van der Waals surface area contributed by atoms with Crippen LogP contribution in [0.15, 0.2) is 6.07 Å². The predicted octanol–water partition coefficient (Wildman–Crippen LogP) is 3.57. The smallest absolute Gasteiger partial charge is 0.147 e. The van der Waals surface area contributed by atoms with Gasteiger partial charge < -0.3 is 15.5 Å². The monoisotopic (exact) mass is 316 g/mol. The standard InChI is InChI=1S/C14H22Cl2N4/c1-3-17-13-11(15)7-12(16)14(19-13)18-8-10-5-4-6-20(2)9-10/h7,10H,3-6,8-9H2,1-2H3,(H2,17,18,19). The van der Waals surface area contributed by atoms with Crippen molar-refractivity contribution < 1.29 is 0 Å². The normalized spacial score (nSPS) is 19.9. The van der Waals surface area contributed by atoms with Crippen molar-refractivity contribution in [1.82, 2.24) is 9.88 Å². The zero-order chi connectivity index (χ0) is 14.5. The number of nitrogens with one attached hydrogen (secondary N) is 2. The molecule has 6 heteroatoms. The zero-order valence-corrected chi connectivity index (χ0v) is 13.6. The van der Waals surface area contributed by atoms with E-state index in [4.69, 9.17) is 23.2 Å². The predicted molar refractivity (Wildman–Crippen MR) is 87.1 cm³/mol. The molecule has 0 saturated carbocycles. The van der Waals surface area contributed by atoms with Crippen LogP contribution < -0.4 is 10.6 Å². The van der Waals surface area contributed by atoms with Gasteiger partial charge in [-0.25, -0.2) is 4.98 Å². The minimum absolute atomic E-state index is 0.555. The fourth-order valence-electron chi connectivity index (χ4n) is 2.56. The van der Waals surface area contributed by atoms with E-state index < -0.39 is 0 Å². The molecule has 2 N–H and O–H groups in total. The van der Waals surface area contributed by atoms with Crippen LogP contribution in [0.3, 0.4) is 0 Å². The Kier molecular flexibility index (Phi) is 5.75. The third-order valence-corrected chi connectivity index (χ3v) is 4.13. The molecule has 2 heterocycles. The van der Waals surface area contributed by atoms with Crippen LogP contribution in [0, 0.1) is 5.92 Å². The molecule has 20 heavy (non-hydrogen) atoms. The molecule has 0 spiro atoms. The van der Waals surface area contributed by atoms with E-state index in [1.807, 2.05) is 6.92 Å². The molecular formula is C14H22Cl2N4. The number of pyridine rings is 1. The average molecular weight is 317 g/mol. The van der Waals surface area contributed by atoms with Gasteiger partial charge >= 0.3 is 0 Å². The number of nitrogens with zero attached hydrogens (tertiary/aromatic N) is 2. The maximum Gasteiger partial charge on any atom is 0.147 e. The minimum Gasteiger partial charge on any atom is -0.369 e. The van der Waals surface area contributed by atoms with E-state index in [0.29, 0.717) is 27.6 Å². The van der Waals surface area contributed by atoms with Crippen LogP contribution in [0.5, 0.6) is 0 Å². The van der Waals surface area contributed by atoms with Gasteiger partial charge in [0.15, 0.2) is 0 Å². The Bertz CT molecular complexity index is 453. The average Bonchev–Trinajstić information content (AvgIpc) is 2.41. The number of aromatic nitrogens is 1. The molecule has 0 bridgehead atoms. The first-order valence-electron chi connectivity index (χ1n) is 7.12. The van der Waals surface area contributed by atoms with Crippen molar-refractivity contribution in [2.45, 2.75) is 19.8 Å². The molecule has 0 aliphatic carbocycles. The summed E-state index contributed by atoms with van der Waals surface area (Å²) in [6, 6.07) is 1.74. The van der Waals surface area contributed by atoms with Gasteiger partial charge in [0.2, 0.25) is 0 Å². The molecule has 112 valence electrons. The number of hydrogen-bond donors (Lipinski definition) is 2. The molecule has 1 atom stereocenters. The Labute approximate surface area is 130 Å². The van der Waals surface area contributed by atoms with Crippen LogP contribution in [0.25, 0.3) is 0 Å². The highest BCUT2D eigenvalue weighted by Gasteiger charge is 2.17. The topological polar surface area (TPSA) is 40.2 Å². The summed E-state index contributed by atoms with van der Waals surface area (Å²) in [6.07, 6.45) is 2.51. The second-order valence-electron chi connectivity index (χ2n) is 5.33. The molecule has 1 saturated heterocycles. The fraction of sp³-hybridized carbons (Fsp3) is 0.643. The largest absolute Gasteiger partial charge is 0.369 e. The molecule has 1 aliphatic rings.